The van der Waals surface area contributed by atoms with Gasteiger partial charge < -0.3 is 26.6 Å². The molecule has 0 fully saturated rings. The van der Waals surface area contributed by atoms with Crippen molar-refractivity contribution in [2.75, 3.05) is 0 Å². The average Bonchev–Trinajstić information content (AvgIpc) is 1.96. The number of carboxylic acid groups (broad SMARTS) is 1. The van der Waals surface area contributed by atoms with Gasteiger partial charge in [-0.05, 0) is 28.1 Å². The third kappa shape index (κ3) is 5.81. The third-order valence-corrected chi connectivity index (χ3v) is 2.32. The molecule has 0 saturated carbocycles. The lowest BCUT2D eigenvalue weighted by molar-refractivity contribution is 0.0693. The van der Waals surface area contributed by atoms with Gasteiger partial charge in [0, 0.05) is 4.47 Å². The van der Waals surface area contributed by atoms with Gasteiger partial charge in [0.25, 0.3) is 0 Å². The van der Waals surface area contributed by atoms with Crippen LogP contribution in [0.2, 0.25) is 0 Å². The van der Waals surface area contributed by atoms with Crippen molar-refractivity contribution >= 4 is 55.2 Å². The fourth-order valence-electron chi connectivity index (χ4n) is 0.729. The van der Waals surface area contributed by atoms with E-state index in [-0.39, 0.29) is 45.1 Å². The minimum absolute atomic E-state index is 0. The van der Waals surface area contributed by atoms with Crippen LogP contribution in [0.15, 0.2) is 21.1 Å². The number of carbonyl (C=O) groups is 1. The standard InChI is InChI=1S/C7H4Br2O3.Al.3H2O.3H/c8-3-1-4(7(11)12)6(10)5(9)2-3;;;;;;;/h1-2,10H,(H,11,12);;3*1H2;;;. The molecule has 0 aliphatic rings. The van der Waals surface area contributed by atoms with Gasteiger partial charge >= 0.3 is 5.97 Å². The Balaban J connectivity index is -0.000000180. The summed E-state index contributed by atoms with van der Waals surface area (Å²) in [5.41, 5.74) is -0.128. The number of halogens is 2. The maximum Gasteiger partial charge on any atom is 0.339 e. The molecule has 0 unspecified atom stereocenters. The van der Waals surface area contributed by atoms with Gasteiger partial charge in [0.1, 0.15) is 11.3 Å². The number of benzene rings is 1. The zero-order valence-electron chi connectivity index (χ0n) is 7.21. The zero-order valence-corrected chi connectivity index (χ0v) is 10.4. The van der Waals surface area contributed by atoms with Crippen LogP contribution in [-0.4, -0.2) is 50.0 Å². The molecule has 1 rings (SSSR count). The van der Waals surface area contributed by atoms with Crippen LogP contribution in [0.25, 0.3) is 0 Å². The van der Waals surface area contributed by atoms with Gasteiger partial charge in [0.15, 0.2) is 17.4 Å². The van der Waals surface area contributed by atoms with E-state index in [1.807, 2.05) is 0 Å². The first-order chi connectivity index (χ1) is 5.52. The average molecular weight is 380 g/mol. The number of aromatic hydroxyl groups is 1. The van der Waals surface area contributed by atoms with E-state index in [1.54, 1.807) is 6.07 Å². The second-order valence-corrected chi connectivity index (χ2v) is 3.86. The Hall–Kier alpha value is -0.138. The Morgan fingerprint density at radius 3 is 1.94 bits per heavy atom. The normalized spacial score (nSPS) is 7.38. The van der Waals surface area contributed by atoms with Crippen molar-refractivity contribution in [3.8, 4) is 5.75 Å². The Bertz CT molecular complexity index is 346. The summed E-state index contributed by atoms with van der Waals surface area (Å²) < 4.78 is 0.957. The third-order valence-electron chi connectivity index (χ3n) is 1.26. The van der Waals surface area contributed by atoms with Crippen molar-refractivity contribution in [3.05, 3.63) is 26.6 Å². The topological polar surface area (TPSA) is 152 Å². The summed E-state index contributed by atoms with van der Waals surface area (Å²) in [4.78, 5) is 10.5. The molecule has 0 amide bonds. The molecule has 0 heterocycles. The lowest BCUT2D eigenvalue weighted by atomic mass is 10.2. The van der Waals surface area contributed by atoms with Gasteiger partial charge in [-0.2, -0.15) is 0 Å². The highest BCUT2D eigenvalue weighted by atomic mass is 79.9. The summed E-state index contributed by atoms with van der Waals surface area (Å²) >= 11 is 6.13. The maximum atomic E-state index is 10.5. The molecule has 0 atom stereocenters. The summed E-state index contributed by atoms with van der Waals surface area (Å²) in [6.45, 7) is 0. The molecule has 0 spiro atoms. The van der Waals surface area contributed by atoms with Gasteiger partial charge in [0.2, 0.25) is 0 Å². The van der Waals surface area contributed by atoms with Crippen LogP contribution >= 0.6 is 31.9 Å². The lowest BCUT2D eigenvalue weighted by Gasteiger charge is -2.02. The Morgan fingerprint density at radius 1 is 1.12 bits per heavy atom. The SMILES string of the molecule is O.O.O.O=C(O)c1cc(Br)cc(Br)c1O.[AlH3]. The van der Waals surface area contributed by atoms with Crippen molar-refractivity contribution in [1.29, 1.82) is 0 Å². The number of phenols is 1. The fraction of sp³-hybridized carbons (Fsp3) is 0. The number of rotatable bonds is 1. The van der Waals surface area contributed by atoms with Crippen LogP contribution in [0.5, 0.6) is 5.75 Å². The van der Waals surface area contributed by atoms with Crippen molar-refractivity contribution in [2.45, 2.75) is 0 Å². The number of carboxylic acids is 1. The van der Waals surface area contributed by atoms with E-state index in [2.05, 4.69) is 31.9 Å². The highest BCUT2D eigenvalue weighted by molar-refractivity contribution is 9.11. The predicted octanol–water partition coefficient (Wildman–Crippen LogP) is -1.04. The molecule has 0 saturated heterocycles. The highest BCUT2D eigenvalue weighted by Crippen LogP contribution is 2.31. The van der Waals surface area contributed by atoms with E-state index in [4.69, 9.17) is 5.11 Å². The van der Waals surface area contributed by atoms with Crippen molar-refractivity contribution < 1.29 is 31.4 Å². The van der Waals surface area contributed by atoms with Crippen LogP contribution in [0, 0.1) is 0 Å². The summed E-state index contributed by atoms with van der Waals surface area (Å²) in [6, 6.07) is 2.91. The van der Waals surface area contributed by atoms with Gasteiger partial charge in [-0.1, -0.05) is 15.9 Å². The van der Waals surface area contributed by atoms with Crippen molar-refractivity contribution in [1.82, 2.24) is 0 Å². The number of aromatic carboxylic acids is 1. The maximum absolute atomic E-state index is 10.5. The molecular weight excluding hydrogens is 367 g/mol. The van der Waals surface area contributed by atoms with E-state index in [0.29, 0.717) is 8.95 Å². The van der Waals surface area contributed by atoms with Crippen LogP contribution in [0.3, 0.4) is 0 Å². The Labute approximate surface area is 119 Å². The zero-order chi connectivity index (χ0) is 9.30. The molecule has 1 aromatic carbocycles. The first-order valence-electron chi connectivity index (χ1n) is 2.93. The van der Waals surface area contributed by atoms with E-state index < -0.39 is 5.97 Å². The van der Waals surface area contributed by atoms with E-state index >= 15 is 0 Å². The molecule has 0 aliphatic heterocycles. The molecule has 0 bridgehead atoms. The van der Waals surface area contributed by atoms with Crippen LogP contribution < -0.4 is 0 Å². The van der Waals surface area contributed by atoms with Gasteiger partial charge in [0.05, 0.1) is 4.47 Å². The van der Waals surface area contributed by atoms with E-state index in [0.717, 1.165) is 0 Å². The monoisotopic (exact) mass is 378 g/mol. The number of hydrogen-bond acceptors (Lipinski definition) is 2. The minimum Gasteiger partial charge on any atom is -0.506 e. The van der Waals surface area contributed by atoms with Gasteiger partial charge in [-0.3, -0.25) is 0 Å². The molecule has 0 aromatic heterocycles. The minimum atomic E-state index is -1.16. The molecular formula is C7H13AlBr2O6. The fourth-order valence-corrected chi connectivity index (χ4v) is 1.95. The Kier molecular flexibility index (Phi) is 15.6. The van der Waals surface area contributed by atoms with Crippen LogP contribution in [0.4, 0.5) is 0 Å². The summed E-state index contributed by atoms with van der Waals surface area (Å²) in [5, 5.41) is 17.9. The smallest absolute Gasteiger partial charge is 0.339 e. The second-order valence-electron chi connectivity index (χ2n) is 2.09. The van der Waals surface area contributed by atoms with E-state index in [1.165, 1.54) is 6.07 Å². The molecule has 1 aromatic rings. The summed E-state index contributed by atoms with van der Waals surface area (Å²) in [6.07, 6.45) is 0. The van der Waals surface area contributed by atoms with Crippen LogP contribution in [0.1, 0.15) is 10.4 Å². The number of hydrogen-bond donors (Lipinski definition) is 2. The first-order valence-corrected chi connectivity index (χ1v) is 4.52. The Morgan fingerprint density at radius 2 is 1.56 bits per heavy atom. The molecule has 8 N–H and O–H groups in total. The quantitative estimate of drug-likeness (QED) is 0.599. The largest absolute Gasteiger partial charge is 0.506 e. The first kappa shape index (κ1) is 24.9. The molecule has 16 heavy (non-hydrogen) atoms. The predicted molar refractivity (Wildman–Crippen MR) is 71.2 cm³/mol. The van der Waals surface area contributed by atoms with Gasteiger partial charge in [-0.25, -0.2) is 4.79 Å². The van der Waals surface area contributed by atoms with Crippen molar-refractivity contribution in [3.63, 3.8) is 0 Å². The highest BCUT2D eigenvalue weighted by Gasteiger charge is 2.12. The molecule has 6 nitrogen and oxygen atoms in total. The van der Waals surface area contributed by atoms with Gasteiger partial charge in [-0.15, -0.1) is 0 Å². The summed E-state index contributed by atoms with van der Waals surface area (Å²) in [5.74, 6) is -1.42. The van der Waals surface area contributed by atoms with E-state index in [9.17, 15) is 9.90 Å². The lowest BCUT2D eigenvalue weighted by Crippen LogP contribution is -1.96. The second kappa shape index (κ2) is 10.0. The van der Waals surface area contributed by atoms with Crippen molar-refractivity contribution in [2.24, 2.45) is 0 Å². The molecule has 0 aliphatic carbocycles. The van der Waals surface area contributed by atoms with Crippen LogP contribution in [-0.2, 0) is 0 Å². The summed E-state index contributed by atoms with van der Waals surface area (Å²) in [7, 11) is 0. The molecule has 0 radical (unpaired) electrons. The molecule has 94 valence electrons. The molecule has 9 heteroatoms.